The van der Waals surface area contributed by atoms with Gasteiger partial charge in [-0.1, -0.05) is 0 Å². The first-order chi connectivity index (χ1) is 5.46. The Morgan fingerprint density at radius 3 is 1.33 bits per heavy atom. The third-order valence-corrected chi connectivity index (χ3v) is 1.95. The fourth-order valence-corrected chi connectivity index (χ4v) is 1.10. The van der Waals surface area contributed by atoms with Crippen molar-refractivity contribution in [3.05, 3.63) is 6.10 Å². The summed E-state index contributed by atoms with van der Waals surface area (Å²) in [7, 11) is 0. The Bertz CT molecular complexity index is 104. The van der Waals surface area contributed by atoms with Crippen LogP contribution in [-0.4, -0.2) is 61.2 Å². The summed E-state index contributed by atoms with van der Waals surface area (Å²) in [5.74, 6) is 0. The molecule has 0 aromatic heterocycles. The van der Waals surface area contributed by atoms with Gasteiger partial charge in [0.15, 0.2) is 6.10 Å². The largest absolute Gasteiger partial charge is 0.387 e. The van der Waals surface area contributed by atoms with Crippen molar-refractivity contribution in [3.8, 4) is 0 Å². The maximum absolute atomic E-state index is 8.96. The predicted molar refractivity (Wildman–Crippen MR) is 35.2 cm³/mol. The molecule has 1 aliphatic rings. The van der Waals surface area contributed by atoms with Gasteiger partial charge in [-0.05, 0) is 0 Å². The van der Waals surface area contributed by atoms with E-state index >= 15 is 0 Å². The standard InChI is InChI=1S/C6H11O6/c7-1-2(8)4(10)6(12)5(11)3(1)9/h1-5,7-12H/t1?,2-,3+,4-,5-/m1/s1. The van der Waals surface area contributed by atoms with E-state index in [0.29, 0.717) is 0 Å². The molecule has 1 saturated carbocycles. The summed E-state index contributed by atoms with van der Waals surface area (Å²) >= 11 is 0. The first kappa shape index (κ1) is 9.85. The highest BCUT2D eigenvalue weighted by Crippen LogP contribution is 2.25. The lowest BCUT2D eigenvalue weighted by molar-refractivity contribution is -0.188. The molecule has 0 aliphatic heterocycles. The van der Waals surface area contributed by atoms with E-state index in [9.17, 15) is 0 Å². The van der Waals surface area contributed by atoms with Crippen LogP contribution in [-0.2, 0) is 0 Å². The zero-order chi connectivity index (χ0) is 9.46. The van der Waals surface area contributed by atoms with Gasteiger partial charge in [0, 0.05) is 0 Å². The van der Waals surface area contributed by atoms with E-state index in [0.717, 1.165) is 0 Å². The minimum atomic E-state index is -1.72. The quantitative estimate of drug-likeness (QED) is 0.232. The highest BCUT2D eigenvalue weighted by atomic mass is 16.4. The first-order valence-electron chi connectivity index (χ1n) is 3.43. The van der Waals surface area contributed by atoms with E-state index in [4.69, 9.17) is 30.6 Å². The van der Waals surface area contributed by atoms with Gasteiger partial charge in [0.2, 0.25) is 0 Å². The molecule has 71 valence electrons. The average molecular weight is 179 g/mol. The molecule has 0 bridgehead atoms. The molecule has 0 saturated heterocycles. The molecule has 6 heteroatoms. The van der Waals surface area contributed by atoms with Gasteiger partial charge in [-0.25, -0.2) is 0 Å². The van der Waals surface area contributed by atoms with Crippen LogP contribution in [0, 0.1) is 6.10 Å². The SMILES string of the molecule is O[C]1[C@H](O)[C@H](O)C(O)[C@H](O)[C@H]1O. The second-order valence-electron chi connectivity index (χ2n) is 2.79. The highest BCUT2D eigenvalue weighted by molar-refractivity contribution is 5.08. The zero-order valence-electron chi connectivity index (χ0n) is 6.07. The summed E-state index contributed by atoms with van der Waals surface area (Å²) in [6.07, 6.45) is -9.30. The van der Waals surface area contributed by atoms with Crippen LogP contribution < -0.4 is 0 Å². The average Bonchev–Trinajstić information content (AvgIpc) is 2.08. The lowest BCUT2D eigenvalue weighted by atomic mass is 9.85. The monoisotopic (exact) mass is 179 g/mol. The van der Waals surface area contributed by atoms with Crippen molar-refractivity contribution >= 4 is 0 Å². The van der Waals surface area contributed by atoms with E-state index in [1.165, 1.54) is 0 Å². The van der Waals surface area contributed by atoms with Gasteiger partial charge in [0.1, 0.15) is 30.5 Å². The molecule has 1 fully saturated rings. The zero-order valence-corrected chi connectivity index (χ0v) is 6.07. The molecule has 1 unspecified atom stereocenters. The molecule has 1 rings (SSSR count). The molecule has 0 aromatic rings. The van der Waals surface area contributed by atoms with Crippen LogP contribution in [0.15, 0.2) is 0 Å². The van der Waals surface area contributed by atoms with Gasteiger partial charge in [0.25, 0.3) is 0 Å². The van der Waals surface area contributed by atoms with Crippen LogP contribution in [0.4, 0.5) is 0 Å². The summed E-state index contributed by atoms with van der Waals surface area (Å²) in [6.45, 7) is 0. The summed E-state index contributed by atoms with van der Waals surface area (Å²) in [5.41, 5.74) is 0. The van der Waals surface area contributed by atoms with Gasteiger partial charge < -0.3 is 30.6 Å². The topological polar surface area (TPSA) is 121 Å². The van der Waals surface area contributed by atoms with Crippen molar-refractivity contribution in [3.63, 3.8) is 0 Å². The minimum Gasteiger partial charge on any atom is -0.387 e. The molecule has 1 aliphatic carbocycles. The normalized spacial score (nSPS) is 51.0. The summed E-state index contributed by atoms with van der Waals surface area (Å²) in [6, 6.07) is 0. The van der Waals surface area contributed by atoms with Gasteiger partial charge in [0.05, 0.1) is 0 Å². The maximum atomic E-state index is 8.96. The van der Waals surface area contributed by atoms with Crippen molar-refractivity contribution in [1.29, 1.82) is 0 Å². The Labute approximate surface area is 68.3 Å². The van der Waals surface area contributed by atoms with Crippen molar-refractivity contribution in [1.82, 2.24) is 0 Å². The summed E-state index contributed by atoms with van der Waals surface area (Å²) in [4.78, 5) is 0. The van der Waals surface area contributed by atoms with E-state index in [1.54, 1.807) is 0 Å². The van der Waals surface area contributed by atoms with Crippen LogP contribution in [0.2, 0.25) is 0 Å². The van der Waals surface area contributed by atoms with Crippen LogP contribution in [0.3, 0.4) is 0 Å². The second-order valence-corrected chi connectivity index (χ2v) is 2.79. The number of hydrogen-bond acceptors (Lipinski definition) is 6. The fourth-order valence-electron chi connectivity index (χ4n) is 1.10. The molecule has 6 nitrogen and oxygen atoms in total. The Morgan fingerprint density at radius 1 is 0.667 bits per heavy atom. The predicted octanol–water partition coefficient (Wildman–Crippen LogP) is -3.29. The number of rotatable bonds is 0. The third kappa shape index (κ3) is 1.33. The lowest BCUT2D eigenvalue weighted by Gasteiger charge is -2.38. The summed E-state index contributed by atoms with van der Waals surface area (Å²) < 4.78 is 0. The van der Waals surface area contributed by atoms with E-state index in [2.05, 4.69) is 0 Å². The van der Waals surface area contributed by atoms with E-state index < -0.39 is 36.6 Å². The van der Waals surface area contributed by atoms with Gasteiger partial charge in [-0.2, -0.15) is 0 Å². The Morgan fingerprint density at radius 2 is 1.00 bits per heavy atom. The summed E-state index contributed by atoms with van der Waals surface area (Å²) in [5, 5.41) is 53.6. The van der Waals surface area contributed by atoms with E-state index in [-0.39, 0.29) is 0 Å². The third-order valence-electron chi connectivity index (χ3n) is 1.95. The lowest BCUT2D eigenvalue weighted by Crippen LogP contribution is -2.60. The molecule has 0 spiro atoms. The van der Waals surface area contributed by atoms with E-state index in [1.807, 2.05) is 0 Å². The van der Waals surface area contributed by atoms with Gasteiger partial charge >= 0.3 is 0 Å². The van der Waals surface area contributed by atoms with Gasteiger partial charge in [-0.3, -0.25) is 0 Å². The van der Waals surface area contributed by atoms with Crippen molar-refractivity contribution < 1.29 is 30.6 Å². The van der Waals surface area contributed by atoms with Crippen LogP contribution in [0.25, 0.3) is 0 Å². The van der Waals surface area contributed by atoms with Crippen LogP contribution >= 0.6 is 0 Å². The highest BCUT2D eigenvalue weighted by Gasteiger charge is 2.48. The molecular formula is C6H11O6. The van der Waals surface area contributed by atoms with Crippen LogP contribution in [0.1, 0.15) is 0 Å². The molecular weight excluding hydrogens is 168 g/mol. The Balaban J connectivity index is 2.76. The molecule has 0 aromatic carbocycles. The second kappa shape index (κ2) is 3.25. The van der Waals surface area contributed by atoms with Crippen molar-refractivity contribution in [2.24, 2.45) is 0 Å². The van der Waals surface area contributed by atoms with Crippen molar-refractivity contribution in [2.45, 2.75) is 30.5 Å². The minimum absolute atomic E-state index is 0.833. The molecule has 0 heterocycles. The maximum Gasteiger partial charge on any atom is 0.155 e. The number of aliphatic hydroxyl groups excluding tert-OH is 6. The van der Waals surface area contributed by atoms with Gasteiger partial charge in [-0.15, -0.1) is 0 Å². The number of hydrogen-bond donors (Lipinski definition) is 6. The fraction of sp³-hybridized carbons (Fsp3) is 0.833. The Kier molecular flexibility index (Phi) is 2.67. The first-order valence-corrected chi connectivity index (χ1v) is 3.43. The molecule has 1 radical (unpaired) electrons. The number of aliphatic hydroxyl groups is 6. The molecule has 6 N–H and O–H groups in total. The molecule has 12 heavy (non-hydrogen) atoms. The molecule has 5 atom stereocenters. The Hall–Kier alpha value is -0.240. The van der Waals surface area contributed by atoms with Crippen molar-refractivity contribution in [2.75, 3.05) is 0 Å². The molecule has 0 amide bonds. The smallest absolute Gasteiger partial charge is 0.155 e. The van der Waals surface area contributed by atoms with Crippen LogP contribution in [0.5, 0.6) is 0 Å².